The Bertz CT molecular complexity index is 2980. The summed E-state index contributed by atoms with van der Waals surface area (Å²) in [4.78, 5) is 14.9. The van der Waals surface area contributed by atoms with Crippen molar-refractivity contribution in [3.63, 3.8) is 0 Å². The third kappa shape index (κ3) is 4.85. The van der Waals surface area contributed by atoms with Gasteiger partial charge >= 0.3 is 6.18 Å². The van der Waals surface area contributed by atoms with Gasteiger partial charge in [0.1, 0.15) is 0 Å². The summed E-state index contributed by atoms with van der Waals surface area (Å²) in [5, 5.41) is 12.3. The van der Waals surface area contributed by atoms with E-state index in [4.69, 9.17) is 26.3 Å². The number of aromatic nitrogens is 2. The fourth-order valence-electron chi connectivity index (χ4n) is 7.34. The van der Waals surface area contributed by atoms with Crippen LogP contribution in [0, 0.1) is 44.5 Å². The molecule has 0 unspecified atom stereocenters. The van der Waals surface area contributed by atoms with Gasteiger partial charge in [-0.25, -0.2) is 19.4 Å². The van der Waals surface area contributed by atoms with Crippen LogP contribution in [0.1, 0.15) is 16.7 Å². The number of aryl methyl sites for hydroxylation is 1. The highest BCUT2D eigenvalue weighted by Gasteiger charge is 2.36. The lowest BCUT2D eigenvalue weighted by atomic mass is 9.92. The van der Waals surface area contributed by atoms with E-state index in [1.54, 1.807) is 102 Å². The maximum atomic E-state index is 14.8. The number of nitrogens with zero attached hydrogens (tertiary/aromatic N) is 7. The molecule has 248 valence electrons. The van der Waals surface area contributed by atoms with Gasteiger partial charge in [-0.2, -0.15) is 18.4 Å². The van der Waals surface area contributed by atoms with Gasteiger partial charge in [-0.3, -0.25) is 0 Å². The fraction of sp³-hybridized carbons (Fsp3) is 0.0465. The average Bonchev–Trinajstić information content (AvgIpc) is 3.67. The molecule has 0 fully saturated rings. The Morgan fingerprint density at radius 3 is 1.60 bits per heavy atom. The summed E-state index contributed by atoms with van der Waals surface area (Å²) in [6.07, 6.45) is -4.72. The largest absolute Gasteiger partial charge is 0.417 e. The van der Waals surface area contributed by atoms with E-state index < -0.39 is 11.7 Å². The van der Waals surface area contributed by atoms with Crippen molar-refractivity contribution in [1.29, 1.82) is 5.26 Å². The second kappa shape index (κ2) is 11.9. The number of benzene rings is 6. The van der Waals surface area contributed by atoms with Gasteiger partial charge in [0.05, 0.1) is 76.9 Å². The molecule has 0 aliphatic rings. The van der Waals surface area contributed by atoms with Crippen molar-refractivity contribution in [2.45, 2.75) is 13.1 Å². The number of halogens is 3. The Hall–Kier alpha value is -7.84. The lowest BCUT2D eigenvalue weighted by Gasteiger charge is -2.23. The van der Waals surface area contributed by atoms with Gasteiger partial charge in [0, 0.05) is 5.39 Å². The Morgan fingerprint density at radius 2 is 1.11 bits per heavy atom. The van der Waals surface area contributed by atoms with Gasteiger partial charge in [0.25, 0.3) is 0 Å². The van der Waals surface area contributed by atoms with E-state index in [9.17, 15) is 18.4 Å². The predicted molar refractivity (Wildman–Crippen MR) is 200 cm³/mol. The molecule has 0 atom stereocenters. The van der Waals surface area contributed by atoms with Gasteiger partial charge in [-0.1, -0.05) is 36.4 Å². The molecule has 0 spiro atoms. The lowest BCUT2D eigenvalue weighted by Crippen LogP contribution is -2.10. The Kier molecular flexibility index (Phi) is 7.26. The molecule has 8 rings (SSSR count). The van der Waals surface area contributed by atoms with Crippen molar-refractivity contribution < 1.29 is 13.2 Å². The minimum atomic E-state index is -4.72. The van der Waals surface area contributed by atoms with Crippen molar-refractivity contribution in [2.24, 2.45) is 0 Å². The Balaban J connectivity index is 1.61. The molecular weight excluding hydrogens is 672 g/mol. The van der Waals surface area contributed by atoms with Crippen LogP contribution in [0.2, 0.25) is 0 Å². The number of hydrogen-bond donors (Lipinski definition) is 0. The SMILES string of the molecule is [C-]#[N+]c1ccc2c(c1)c1cc(C#N)ccc1n2-c1ccc(-c2c(C)cccc2C(F)(F)F)c(-n2c3ccc([N+]#[C-])cc3c3cc([N+]#[C-])ccc32)c1[N+]#[C-]. The van der Waals surface area contributed by atoms with Crippen LogP contribution in [0.4, 0.5) is 35.9 Å². The molecule has 7 nitrogen and oxygen atoms in total. The molecule has 0 amide bonds. The molecule has 0 radical (unpaired) electrons. The monoisotopic (exact) mass is 691 g/mol. The molecular formula is C43H20F3N7. The van der Waals surface area contributed by atoms with Crippen LogP contribution >= 0.6 is 0 Å². The van der Waals surface area contributed by atoms with Crippen LogP contribution in [0.3, 0.4) is 0 Å². The van der Waals surface area contributed by atoms with Crippen molar-refractivity contribution >= 4 is 66.4 Å². The van der Waals surface area contributed by atoms with E-state index in [2.05, 4.69) is 25.4 Å². The summed E-state index contributed by atoms with van der Waals surface area (Å²) in [5.74, 6) is 0. The van der Waals surface area contributed by atoms with E-state index in [-0.39, 0.29) is 22.5 Å². The van der Waals surface area contributed by atoms with Crippen LogP contribution in [0.15, 0.2) is 103 Å². The highest BCUT2D eigenvalue weighted by molar-refractivity contribution is 6.14. The second-order valence-electron chi connectivity index (χ2n) is 12.4. The zero-order valence-electron chi connectivity index (χ0n) is 27.6. The van der Waals surface area contributed by atoms with E-state index >= 15 is 0 Å². The summed E-state index contributed by atoms with van der Waals surface area (Å²) in [6, 6.07) is 29.7. The molecule has 0 aliphatic carbocycles. The minimum Gasteiger partial charge on any atom is -0.319 e. The Morgan fingerprint density at radius 1 is 0.604 bits per heavy atom. The number of alkyl halides is 3. The Labute approximate surface area is 300 Å². The molecule has 0 saturated heterocycles. The first-order valence-corrected chi connectivity index (χ1v) is 16.0. The van der Waals surface area contributed by atoms with E-state index in [0.29, 0.717) is 77.5 Å². The molecule has 0 saturated carbocycles. The average molecular weight is 692 g/mol. The first-order chi connectivity index (χ1) is 25.6. The molecule has 0 aliphatic heterocycles. The zero-order valence-corrected chi connectivity index (χ0v) is 27.6. The lowest BCUT2D eigenvalue weighted by molar-refractivity contribution is -0.137. The van der Waals surface area contributed by atoms with Crippen molar-refractivity contribution in [2.75, 3.05) is 0 Å². The minimum absolute atomic E-state index is 0.0404. The van der Waals surface area contributed by atoms with Gasteiger partial charge in [0.2, 0.25) is 5.69 Å². The van der Waals surface area contributed by atoms with Gasteiger partial charge in [-0.05, 0) is 107 Å². The van der Waals surface area contributed by atoms with E-state index in [0.717, 1.165) is 6.07 Å². The molecule has 0 bridgehead atoms. The van der Waals surface area contributed by atoms with Crippen LogP contribution < -0.4 is 0 Å². The molecule has 6 aromatic carbocycles. The summed E-state index contributed by atoms with van der Waals surface area (Å²) in [5.41, 5.74) is 3.92. The quantitative estimate of drug-likeness (QED) is 0.170. The van der Waals surface area contributed by atoms with Crippen LogP contribution in [0.25, 0.3) is 85.5 Å². The topological polar surface area (TPSA) is 51.1 Å². The van der Waals surface area contributed by atoms with E-state index in [1.165, 1.54) is 6.07 Å². The zero-order chi connectivity index (χ0) is 37.2. The highest BCUT2D eigenvalue weighted by atomic mass is 19.4. The number of hydrogen-bond acceptors (Lipinski definition) is 1. The second-order valence-corrected chi connectivity index (χ2v) is 12.4. The van der Waals surface area contributed by atoms with Crippen molar-refractivity contribution in [1.82, 2.24) is 9.13 Å². The molecule has 0 N–H and O–H groups in total. The first kappa shape index (κ1) is 32.4. The fourth-order valence-corrected chi connectivity index (χ4v) is 7.34. The van der Waals surface area contributed by atoms with Crippen molar-refractivity contribution in [3.8, 4) is 28.6 Å². The first-order valence-electron chi connectivity index (χ1n) is 16.0. The van der Waals surface area contributed by atoms with Gasteiger partial charge < -0.3 is 9.13 Å². The van der Waals surface area contributed by atoms with Crippen LogP contribution in [0.5, 0.6) is 0 Å². The number of fused-ring (bicyclic) bond motifs is 6. The maximum absolute atomic E-state index is 14.8. The third-order valence-corrected chi connectivity index (χ3v) is 9.55. The molecule has 2 aromatic heterocycles. The third-order valence-electron chi connectivity index (χ3n) is 9.55. The van der Waals surface area contributed by atoms with Crippen molar-refractivity contribution in [3.05, 3.63) is 165 Å². The summed E-state index contributed by atoms with van der Waals surface area (Å²) in [7, 11) is 0. The maximum Gasteiger partial charge on any atom is 0.417 e. The highest BCUT2D eigenvalue weighted by Crippen LogP contribution is 2.49. The number of nitriles is 1. The van der Waals surface area contributed by atoms with Gasteiger partial charge in [-0.15, -0.1) is 0 Å². The molecule has 10 heteroatoms. The van der Waals surface area contributed by atoms with Crippen LogP contribution in [-0.4, -0.2) is 9.13 Å². The molecule has 53 heavy (non-hydrogen) atoms. The summed E-state index contributed by atoms with van der Waals surface area (Å²) < 4.78 is 48.1. The standard InChI is InChI=1S/C43H20F3N7/c1-24-7-6-8-34(43(44,45)46)40(24)29-13-18-39(52-35-14-9-25(23-47)19-30(35)31-20-26(48-2)10-15-36(31)52)41(51-5)42(29)53-37-16-11-27(49-3)21-32(37)33-22-28(50-4)12-17-38(33)53/h6-22H,1H3. The predicted octanol–water partition coefficient (Wildman–Crippen LogP) is 12.9. The van der Waals surface area contributed by atoms with Crippen LogP contribution in [-0.2, 0) is 6.18 Å². The summed E-state index contributed by atoms with van der Waals surface area (Å²) in [6.45, 7) is 33.3. The summed E-state index contributed by atoms with van der Waals surface area (Å²) >= 11 is 0. The smallest absolute Gasteiger partial charge is 0.319 e. The van der Waals surface area contributed by atoms with Gasteiger partial charge in [0.15, 0.2) is 17.1 Å². The van der Waals surface area contributed by atoms with E-state index in [1.807, 2.05) is 4.57 Å². The molecule has 8 aromatic rings. The molecule has 2 heterocycles. The number of rotatable bonds is 3. The normalized spacial score (nSPS) is 11.3.